The molecule has 21 heavy (non-hydrogen) atoms. The van der Waals surface area contributed by atoms with Gasteiger partial charge in [-0.1, -0.05) is 37.6 Å². The van der Waals surface area contributed by atoms with Crippen LogP contribution in [0.15, 0.2) is 24.3 Å². The Labute approximate surface area is 132 Å². The number of hydrogen-bond donors (Lipinski definition) is 3. The minimum atomic E-state index is -0.244. The van der Waals surface area contributed by atoms with Crippen molar-refractivity contribution in [2.75, 3.05) is 19.7 Å². The molecular formula is C16H25ClN2O2. The van der Waals surface area contributed by atoms with Crippen LogP contribution < -0.4 is 10.6 Å². The van der Waals surface area contributed by atoms with E-state index in [1.54, 1.807) is 0 Å². The number of aliphatic hydroxyl groups excluding tert-OH is 1. The van der Waals surface area contributed by atoms with Gasteiger partial charge < -0.3 is 15.7 Å². The van der Waals surface area contributed by atoms with Crippen molar-refractivity contribution in [1.82, 2.24) is 10.6 Å². The Balaban J connectivity index is 0.00000220. The zero-order valence-corrected chi connectivity index (χ0v) is 13.3. The van der Waals surface area contributed by atoms with Crippen LogP contribution in [0.3, 0.4) is 0 Å². The SMILES string of the molecule is CCC(CCO)CNC(=O)C1NCCc2ccccc21.Cl. The number of halogens is 1. The van der Waals surface area contributed by atoms with E-state index in [0.717, 1.165) is 31.4 Å². The van der Waals surface area contributed by atoms with E-state index in [1.807, 2.05) is 18.2 Å². The molecule has 0 saturated carbocycles. The third kappa shape index (κ3) is 4.70. The average Bonchev–Trinajstić information content (AvgIpc) is 2.50. The van der Waals surface area contributed by atoms with Crippen molar-refractivity contribution in [3.63, 3.8) is 0 Å². The normalized spacial score (nSPS) is 18.3. The van der Waals surface area contributed by atoms with Crippen LogP contribution in [0, 0.1) is 5.92 Å². The van der Waals surface area contributed by atoms with Crippen LogP contribution in [0.5, 0.6) is 0 Å². The Morgan fingerprint density at radius 2 is 2.24 bits per heavy atom. The van der Waals surface area contributed by atoms with Crippen molar-refractivity contribution in [1.29, 1.82) is 0 Å². The molecule has 4 nitrogen and oxygen atoms in total. The fourth-order valence-electron chi connectivity index (χ4n) is 2.72. The first-order chi connectivity index (χ1) is 9.76. The molecule has 1 aromatic rings. The highest BCUT2D eigenvalue weighted by molar-refractivity contribution is 5.85. The number of fused-ring (bicyclic) bond motifs is 1. The number of nitrogens with one attached hydrogen (secondary N) is 2. The topological polar surface area (TPSA) is 61.4 Å². The molecule has 0 aromatic heterocycles. The molecule has 0 bridgehead atoms. The van der Waals surface area contributed by atoms with Crippen molar-refractivity contribution in [2.24, 2.45) is 5.92 Å². The van der Waals surface area contributed by atoms with Crippen LogP contribution in [0.1, 0.15) is 36.9 Å². The van der Waals surface area contributed by atoms with Crippen molar-refractivity contribution in [3.8, 4) is 0 Å². The summed E-state index contributed by atoms with van der Waals surface area (Å²) in [5, 5.41) is 15.3. The molecule has 0 aliphatic carbocycles. The highest BCUT2D eigenvalue weighted by atomic mass is 35.5. The Hall–Kier alpha value is -1.10. The van der Waals surface area contributed by atoms with Gasteiger partial charge in [0.05, 0.1) is 0 Å². The largest absolute Gasteiger partial charge is 0.396 e. The van der Waals surface area contributed by atoms with Crippen LogP contribution in [0.2, 0.25) is 0 Å². The van der Waals surface area contributed by atoms with Gasteiger partial charge in [-0.3, -0.25) is 4.79 Å². The van der Waals surface area contributed by atoms with Crippen molar-refractivity contribution in [2.45, 2.75) is 32.2 Å². The summed E-state index contributed by atoms with van der Waals surface area (Å²) in [6, 6.07) is 7.88. The summed E-state index contributed by atoms with van der Waals surface area (Å²) >= 11 is 0. The summed E-state index contributed by atoms with van der Waals surface area (Å²) in [6.45, 7) is 3.73. The number of amides is 1. The fourth-order valence-corrected chi connectivity index (χ4v) is 2.72. The molecule has 1 aromatic carbocycles. The molecule has 1 amide bonds. The molecule has 1 heterocycles. The summed E-state index contributed by atoms with van der Waals surface area (Å²) in [5.74, 6) is 0.385. The third-order valence-corrected chi connectivity index (χ3v) is 4.05. The molecule has 2 atom stereocenters. The molecule has 1 aliphatic rings. The predicted octanol–water partition coefficient (Wildman–Crippen LogP) is 1.82. The first kappa shape index (κ1) is 18.0. The summed E-state index contributed by atoms with van der Waals surface area (Å²) in [7, 11) is 0. The molecule has 3 N–H and O–H groups in total. The number of carbonyl (C=O) groups is 1. The van der Waals surface area contributed by atoms with Gasteiger partial charge in [0.25, 0.3) is 0 Å². The van der Waals surface area contributed by atoms with Gasteiger partial charge >= 0.3 is 0 Å². The van der Waals surface area contributed by atoms with Crippen LogP contribution in [0.25, 0.3) is 0 Å². The number of hydrogen-bond acceptors (Lipinski definition) is 3. The van der Waals surface area contributed by atoms with Gasteiger partial charge in [-0.25, -0.2) is 0 Å². The summed E-state index contributed by atoms with van der Waals surface area (Å²) in [4.78, 5) is 12.3. The molecule has 0 saturated heterocycles. The van der Waals surface area contributed by atoms with Gasteiger partial charge in [0, 0.05) is 19.7 Å². The smallest absolute Gasteiger partial charge is 0.241 e. The first-order valence-electron chi connectivity index (χ1n) is 7.46. The first-order valence-corrected chi connectivity index (χ1v) is 7.46. The van der Waals surface area contributed by atoms with Crippen LogP contribution in [0.4, 0.5) is 0 Å². The maximum atomic E-state index is 12.3. The van der Waals surface area contributed by atoms with E-state index < -0.39 is 0 Å². The highest BCUT2D eigenvalue weighted by Crippen LogP contribution is 2.22. The lowest BCUT2D eigenvalue weighted by molar-refractivity contribution is -0.123. The second-order valence-electron chi connectivity index (χ2n) is 5.37. The lowest BCUT2D eigenvalue weighted by atomic mass is 9.93. The van der Waals surface area contributed by atoms with Gasteiger partial charge in [0.15, 0.2) is 0 Å². The molecule has 0 spiro atoms. The molecule has 118 valence electrons. The second kappa shape index (κ2) is 9.03. The van der Waals surface area contributed by atoms with E-state index in [0.29, 0.717) is 12.5 Å². The standard InChI is InChI=1S/C16H24N2O2.ClH/c1-2-12(8-10-19)11-18-16(20)15-14-6-4-3-5-13(14)7-9-17-15;/h3-6,12,15,17,19H,2,7-11H2,1H3,(H,18,20);1H. The van der Waals surface area contributed by atoms with Crippen LogP contribution in [-0.4, -0.2) is 30.7 Å². The molecular weight excluding hydrogens is 288 g/mol. The molecule has 2 rings (SSSR count). The van der Waals surface area contributed by atoms with Gasteiger partial charge in [-0.15, -0.1) is 12.4 Å². The maximum absolute atomic E-state index is 12.3. The Morgan fingerprint density at radius 3 is 2.95 bits per heavy atom. The lowest BCUT2D eigenvalue weighted by Gasteiger charge is -2.26. The Kier molecular flexibility index (Phi) is 7.72. The number of aliphatic hydroxyl groups is 1. The van der Waals surface area contributed by atoms with Crippen molar-refractivity contribution < 1.29 is 9.90 Å². The quantitative estimate of drug-likeness (QED) is 0.751. The summed E-state index contributed by atoms with van der Waals surface area (Å²) in [6.07, 6.45) is 2.68. The number of rotatable bonds is 6. The molecule has 1 aliphatic heterocycles. The van der Waals surface area contributed by atoms with Gasteiger partial charge in [0.1, 0.15) is 6.04 Å². The Morgan fingerprint density at radius 1 is 1.48 bits per heavy atom. The van der Waals surface area contributed by atoms with E-state index in [2.05, 4.69) is 23.6 Å². The highest BCUT2D eigenvalue weighted by Gasteiger charge is 2.25. The second-order valence-corrected chi connectivity index (χ2v) is 5.37. The van der Waals surface area contributed by atoms with Crippen molar-refractivity contribution in [3.05, 3.63) is 35.4 Å². The van der Waals surface area contributed by atoms with Crippen molar-refractivity contribution >= 4 is 18.3 Å². The molecule has 0 fully saturated rings. The van der Waals surface area contributed by atoms with E-state index in [1.165, 1.54) is 5.56 Å². The zero-order chi connectivity index (χ0) is 14.4. The van der Waals surface area contributed by atoms with E-state index in [9.17, 15) is 4.79 Å². The van der Waals surface area contributed by atoms with Gasteiger partial charge in [0.2, 0.25) is 5.91 Å². The fraction of sp³-hybridized carbons (Fsp3) is 0.562. The molecule has 5 heteroatoms. The number of benzene rings is 1. The van der Waals surface area contributed by atoms with E-state index in [4.69, 9.17) is 5.11 Å². The summed E-state index contributed by atoms with van der Waals surface area (Å²) < 4.78 is 0. The third-order valence-electron chi connectivity index (χ3n) is 4.05. The van der Waals surface area contributed by atoms with Gasteiger partial charge in [-0.2, -0.15) is 0 Å². The molecule has 0 radical (unpaired) electrons. The minimum absolute atomic E-state index is 0. The monoisotopic (exact) mass is 312 g/mol. The van der Waals surface area contributed by atoms with E-state index in [-0.39, 0.29) is 31.0 Å². The van der Waals surface area contributed by atoms with E-state index >= 15 is 0 Å². The Bertz CT molecular complexity index is 454. The predicted molar refractivity (Wildman–Crippen MR) is 86.6 cm³/mol. The lowest BCUT2D eigenvalue weighted by Crippen LogP contribution is -2.42. The summed E-state index contributed by atoms with van der Waals surface area (Å²) in [5.41, 5.74) is 2.35. The average molecular weight is 313 g/mol. The van der Waals surface area contributed by atoms with Crippen LogP contribution in [-0.2, 0) is 11.2 Å². The zero-order valence-electron chi connectivity index (χ0n) is 12.5. The van der Waals surface area contributed by atoms with Crippen LogP contribution >= 0.6 is 12.4 Å². The molecule has 2 unspecified atom stereocenters. The maximum Gasteiger partial charge on any atom is 0.241 e. The minimum Gasteiger partial charge on any atom is -0.396 e. The number of carbonyl (C=O) groups excluding carboxylic acids is 1. The van der Waals surface area contributed by atoms with Gasteiger partial charge in [-0.05, 0) is 29.9 Å².